The topological polar surface area (TPSA) is 33.2 Å². The molecule has 0 N–H and O–H groups in total. The smallest absolute Gasteiger partial charge is 0.353 e. The Hall–Kier alpha value is -0.820. The van der Waals surface area contributed by atoms with E-state index in [9.17, 15) is 17.4 Å². The van der Waals surface area contributed by atoms with E-state index < -0.39 is 22.5 Å². The second-order valence-electron chi connectivity index (χ2n) is 5.39. The number of nitrogens with zero attached hydrogens (tertiary/aromatic N) is 2. The maximum atomic E-state index is 12.7. The molecule has 1 saturated heterocycles. The molecule has 0 aliphatic carbocycles. The van der Waals surface area contributed by atoms with Crippen LogP contribution in [0.2, 0.25) is 5.02 Å². The molecular formula is C14H18ClF3N2OS. The first kappa shape index (κ1) is 17.5. The first-order chi connectivity index (χ1) is 10.2. The molecule has 1 fully saturated rings. The Morgan fingerprint density at radius 2 is 2.05 bits per heavy atom. The van der Waals surface area contributed by atoms with Crippen molar-refractivity contribution in [3.8, 4) is 0 Å². The van der Waals surface area contributed by atoms with Gasteiger partial charge in [0.25, 0.3) is 0 Å². The third-order valence-electron chi connectivity index (χ3n) is 4.25. The number of alkyl halides is 3. The van der Waals surface area contributed by atoms with E-state index in [1.54, 1.807) is 0 Å². The van der Waals surface area contributed by atoms with Gasteiger partial charge >= 0.3 is 6.18 Å². The van der Waals surface area contributed by atoms with Crippen LogP contribution in [0, 0.1) is 0 Å². The van der Waals surface area contributed by atoms with Crippen molar-refractivity contribution >= 4 is 28.2 Å². The maximum absolute atomic E-state index is 12.7. The molecule has 1 aromatic heterocycles. The third-order valence-corrected chi connectivity index (χ3v) is 6.75. The summed E-state index contributed by atoms with van der Waals surface area (Å²) in [6.45, 7) is 4.93. The van der Waals surface area contributed by atoms with Gasteiger partial charge in [-0.05, 0) is 18.9 Å². The zero-order valence-corrected chi connectivity index (χ0v) is 14.0. The molecule has 2 rings (SSSR count). The molecule has 3 nitrogen and oxygen atoms in total. The Kier molecular flexibility index (Phi) is 5.06. The van der Waals surface area contributed by atoms with Crippen LogP contribution < -0.4 is 4.90 Å². The van der Waals surface area contributed by atoms with Crippen molar-refractivity contribution in [1.29, 1.82) is 0 Å². The molecule has 22 heavy (non-hydrogen) atoms. The highest BCUT2D eigenvalue weighted by atomic mass is 35.5. The number of anilines is 1. The molecule has 0 aromatic carbocycles. The minimum atomic E-state index is -4.46. The van der Waals surface area contributed by atoms with E-state index in [0.29, 0.717) is 24.7 Å². The lowest BCUT2D eigenvalue weighted by atomic mass is 10.0. The summed E-state index contributed by atoms with van der Waals surface area (Å²) in [6, 6.07) is 0.898. The molecule has 1 unspecified atom stereocenters. The van der Waals surface area contributed by atoms with Gasteiger partial charge in [0.1, 0.15) is 5.82 Å². The normalized spacial score (nSPS) is 21.9. The van der Waals surface area contributed by atoms with Crippen LogP contribution in [0.1, 0.15) is 32.3 Å². The van der Waals surface area contributed by atoms with Gasteiger partial charge in [0.2, 0.25) is 0 Å². The lowest BCUT2D eigenvalue weighted by Gasteiger charge is -2.41. The summed E-state index contributed by atoms with van der Waals surface area (Å²) in [5.74, 6) is 0.804. The number of pyridine rings is 1. The molecule has 1 atom stereocenters. The summed E-state index contributed by atoms with van der Waals surface area (Å²) in [5.41, 5.74) is -0.862. The number of hydrogen-bond acceptors (Lipinski definition) is 3. The van der Waals surface area contributed by atoms with Crippen molar-refractivity contribution in [3.05, 3.63) is 22.8 Å². The molecule has 1 aliphatic rings. The largest absolute Gasteiger partial charge is 0.417 e. The second kappa shape index (κ2) is 6.35. The summed E-state index contributed by atoms with van der Waals surface area (Å²) >= 11 is 6.00. The van der Waals surface area contributed by atoms with Gasteiger partial charge in [-0.2, -0.15) is 13.2 Å². The average Bonchev–Trinajstić information content (AvgIpc) is 2.47. The Balaban J connectivity index is 2.31. The number of hydrogen-bond donors (Lipinski definition) is 0. The van der Waals surface area contributed by atoms with Crippen molar-refractivity contribution in [2.24, 2.45) is 0 Å². The molecule has 0 spiro atoms. The highest BCUT2D eigenvalue weighted by molar-refractivity contribution is 7.86. The molecule has 0 radical (unpaired) electrons. The van der Waals surface area contributed by atoms with Gasteiger partial charge in [0, 0.05) is 35.8 Å². The fourth-order valence-electron chi connectivity index (χ4n) is 2.70. The summed E-state index contributed by atoms with van der Waals surface area (Å²) in [7, 11) is -0.949. The standard InChI is InChI=1S/C14H18ClF3N2OS/c1-3-13(4-2)9-20(5-6-22(13)21)12-11(15)7-10(8-19-12)14(16,17)18/h7-8H,3-6,9H2,1-2H3. The quantitative estimate of drug-likeness (QED) is 0.825. The molecule has 0 bridgehead atoms. The van der Waals surface area contributed by atoms with Gasteiger partial charge in [-0.25, -0.2) is 4.98 Å². The van der Waals surface area contributed by atoms with E-state index in [0.717, 1.165) is 25.1 Å². The number of halogens is 4. The van der Waals surface area contributed by atoms with Gasteiger partial charge < -0.3 is 4.90 Å². The molecule has 2 heterocycles. The SMILES string of the molecule is CCC1(CC)CN(c2ncc(C(F)(F)F)cc2Cl)CCS1=O. The monoisotopic (exact) mass is 354 g/mol. The van der Waals surface area contributed by atoms with Crippen LogP contribution in [-0.4, -0.2) is 32.8 Å². The number of rotatable bonds is 3. The maximum Gasteiger partial charge on any atom is 0.417 e. The predicted molar refractivity (Wildman–Crippen MR) is 82.8 cm³/mol. The van der Waals surface area contributed by atoms with Gasteiger partial charge in [0.15, 0.2) is 0 Å². The van der Waals surface area contributed by atoms with Crippen molar-refractivity contribution in [2.45, 2.75) is 37.6 Å². The minimum Gasteiger partial charge on any atom is -0.353 e. The van der Waals surface area contributed by atoms with Crippen molar-refractivity contribution < 1.29 is 17.4 Å². The van der Waals surface area contributed by atoms with Crippen LogP contribution in [0.15, 0.2) is 12.3 Å². The molecule has 0 saturated carbocycles. The number of aromatic nitrogens is 1. The van der Waals surface area contributed by atoms with E-state index >= 15 is 0 Å². The highest BCUT2D eigenvalue weighted by Crippen LogP contribution is 2.36. The van der Waals surface area contributed by atoms with Crippen molar-refractivity contribution in [2.75, 3.05) is 23.7 Å². The van der Waals surface area contributed by atoms with Crippen LogP contribution in [0.25, 0.3) is 0 Å². The summed E-state index contributed by atoms with van der Waals surface area (Å²) < 4.78 is 50.0. The first-order valence-corrected chi connectivity index (χ1v) is 8.79. The van der Waals surface area contributed by atoms with Crippen LogP contribution >= 0.6 is 11.6 Å². The summed E-state index contributed by atoms with van der Waals surface area (Å²) in [5, 5.41) is -0.0244. The van der Waals surface area contributed by atoms with Gasteiger partial charge in [0.05, 0.1) is 15.3 Å². The zero-order chi connectivity index (χ0) is 16.5. The third kappa shape index (κ3) is 3.25. The van der Waals surface area contributed by atoms with E-state index in [4.69, 9.17) is 11.6 Å². The Labute approximate surface area is 135 Å². The van der Waals surface area contributed by atoms with Crippen LogP contribution in [-0.2, 0) is 17.0 Å². The predicted octanol–water partition coefficient (Wildman–Crippen LogP) is 3.88. The first-order valence-electron chi connectivity index (χ1n) is 7.09. The van der Waals surface area contributed by atoms with Gasteiger partial charge in [-0.1, -0.05) is 25.4 Å². The fraction of sp³-hybridized carbons (Fsp3) is 0.643. The molecular weight excluding hydrogens is 337 g/mol. The molecule has 1 aromatic rings. The minimum absolute atomic E-state index is 0.0244. The van der Waals surface area contributed by atoms with Crippen LogP contribution in [0.5, 0.6) is 0 Å². The summed E-state index contributed by atoms with van der Waals surface area (Å²) in [4.78, 5) is 5.75. The highest BCUT2D eigenvalue weighted by Gasteiger charge is 2.40. The van der Waals surface area contributed by atoms with E-state index in [1.165, 1.54) is 0 Å². The Morgan fingerprint density at radius 1 is 1.41 bits per heavy atom. The zero-order valence-electron chi connectivity index (χ0n) is 12.4. The van der Waals surface area contributed by atoms with Crippen LogP contribution in [0.3, 0.4) is 0 Å². The van der Waals surface area contributed by atoms with Gasteiger partial charge in [-0.3, -0.25) is 4.21 Å². The van der Waals surface area contributed by atoms with E-state index in [-0.39, 0.29) is 9.77 Å². The van der Waals surface area contributed by atoms with E-state index in [1.807, 2.05) is 18.7 Å². The fourth-order valence-corrected chi connectivity index (χ4v) is 4.75. The second-order valence-corrected chi connectivity index (χ2v) is 7.76. The molecule has 1 aliphatic heterocycles. The lowest BCUT2D eigenvalue weighted by molar-refractivity contribution is -0.137. The Bertz CT molecular complexity index is 576. The molecule has 124 valence electrons. The lowest BCUT2D eigenvalue weighted by Crippen LogP contribution is -2.53. The van der Waals surface area contributed by atoms with Crippen LogP contribution in [0.4, 0.5) is 19.0 Å². The Morgan fingerprint density at radius 3 is 2.55 bits per heavy atom. The van der Waals surface area contributed by atoms with Crippen molar-refractivity contribution in [1.82, 2.24) is 4.98 Å². The average molecular weight is 355 g/mol. The summed E-state index contributed by atoms with van der Waals surface area (Å²) in [6.07, 6.45) is -2.18. The van der Waals surface area contributed by atoms with Crippen molar-refractivity contribution in [3.63, 3.8) is 0 Å². The molecule has 8 heteroatoms. The van der Waals surface area contributed by atoms with E-state index in [2.05, 4.69) is 4.98 Å². The molecule has 0 amide bonds. The van der Waals surface area contributed by atoms with Gasteiger partial charge in [-0.15, -0.1) is 0 Å².